The Kier molecular flexibility index (Phi) is 10.1. The van der Waals surface area contributed by atoms with Crippen LogP contribution in [0.25, 0.3) is 0 Å². The molecule has 0 radical (unpaired) electrons. The van der Waals surface area contributed by atoms with E-state index in [1.54, 1.807) is 11.4 Å². The highest BCUT2D eigenvalue weighted by Crippen LogP contribution is 2.23. The second-order valence-electron chi connectivity index (χ2n) is 8.12. The topological polar surface area (TPSA) is 101 Å². The average molecular weight is 527 g/mol. The molecule has 1 saturated carbocycles. The Morgan fingerprint density at radius 1 is 1.18 bits per heavy atom. The number of aromatic nitrogens is 1. The zero-order chi connectivity index (χ0) is 24.5. The van der Waals surface area contributed by atoms with Crippen molar-refractivity contribution in [3.05, 3.63) is 44.9 Å². The number of halogens is 2. The third kappa shape index (κ3) is 7.94. The fraction of sp³-hybridized carbons (Fsp3) is 0.478. The van der Waals surface area contributed by atoms with Gasteiger partial charge in [-0.3, -0.25) is 14.4 Å². The van der Waals surface area contributed by atoms with E-state index in [-0.39, 0.29) is 48.7 Å². The number of carbonyl (C=O) groups is 3. The summed E-state index contributed by atoms with van der Waals surface area (Å²) in [5.41, 5.74) is 0.837. The fourth-order valence-corrected chi connectivity index (χ4v) is 4.97. The number of hydrogen-bond donors (Lipinski definition) is 2. The quantitative estimate of drug-likeness (QED) is 0.483. The number of anilines is 1. The van der Waals surface area contributed by atoms with E-state index in [4.69, 9.17) is 27.9 Å². The summed E-state index contributed by atoms with van der Waals surface area (Å²) < 4.78 is 5.07. The molecule has 184 valence electrons. The molecule has 0 unspecified atom stereocenters. The molecule has 1 heterocycles. The van der Waals surface area contributed by atoms with Crippen LogP contribution in [0.4, 0.5) is 5.13 Å². The van der Waals surface area contributed by atoms with Gasteiger partial charge < -0.3 is 20.3 Å². The summed E-state index contributed by atoms with van der Waals surface area (Å²) in [6.45, 7) is 0.242. The van der Waals surface area contributed by atoms with Crippen LogP contribution in [-0.2, 0) is 20.7 Å². The highest BCUT2D eigenvalue weighted by Gasteiger charge is 2.22. The molecule has 34 heavy (non-hydrogen) atoms. The predicted molar refractivity (Wildman–Crippen MR) is 134 cm³/mol. The van der Waals surface area contributed by atoms with Crippen molar-refractivity contribution in [2.24, 2.45) is 0 Å². The minimum atomic E-state index is -0.415. The Hall–Kier alpha value is -2.20. The van der Waals surface area contributed by atoms with Gasteiger partial charge in [-0.15, -0.1) is 11.3 Å². The largest absolute Gasteiger partial charge is 0.383 e. The van der Waals surface area contributed by atoms with Crippen LogP contribution in [0.3, 0.4) is 0 Å². The Balaban J connectivity index is 1.56. The number of carbonyl (C=O) groups excluding carboxylic acids is 3. The first-order chi connectivity index (χ1) is 16.4. The Morgan fingerprint density at radius 3 is 2.65 bits per heavy atom. The summed E-state index contributed by atoms with van der Waals surface area (Å²) >= 11 is 13.3. The van der Waals surface area contributed by atoms with Crippen LogP contribution < -0.4 is 10.6 Å². The molecule has 8 nitrogen and oxygen atoms in total. The minimum absolute atomic E-state index is 0.0637. The van der Waals surface area contributed by atoms with Crippen molar-refractivity contribution in [2.45, 2.75) is 44.6 Å². The highest BCUT2D eigenvalue weighted by molar-refractivity contribution is 7.13. The molecule has 1 aromatic carbocycles. The molecular weight excluding hydrogens is 499 g/mol. The van der Waals surface area contributed by atoms with Gasteiger partial charge in [0, 0.05) is 30.1 Å². The van der Waals surface area contributed by atoms with Crippen LogP contribution >= 0.6 is 34.5 Å². The fourth-order valence-electron chi connectivity index (χ4n) is 3.76. The van der Waals surface area contributed by atoms with Gasteiger partial charge in [-0.25, -0.2) is 4.98 Å². The van der Waals surface area contributed by atoms with Gasteiger partial charge in [0.25, 0.3) is 5.91 Å². The zero-order valence-corrected chi connectivity index (χ0v) is 21.3. The third-order valence-electron chi connectivity index (χ3n) is 5.46. The Labute approximate surface area is 213 Å². The summed E-state index contributed by atoms with van der Waals surface area (Å²) in [7, 11) is 1.51. The van der Waals surface area contributed by atoms with Crippen molar-refractivity contribution in [3.8, 4) is 0 Å². The number of hydrogen-bond acceptors (Lipinski definition) is 6. The lowest BCUT2D eigenvalue weighted by molar-refractivity contribution is -0.121. The molecule has 0 aliphatic heterocycles. The lowest BCUT2D eigenvalue weighted by atomic mass is 9.95. The minimum Gasteiger partial charge on any atom is -0.383 e. The summed E-state index contributed by atoms with van der Waals surface area (Å²) in [4.78, 5) is 43.6. The van der Waals surface area contributed by atoms with E-state index in [1.807, 2.05) is 0 Å². The molecule has 0 saturated heterocycles. The maximum Gasteiger partial charge on any atom is 0.255 e. The predicted octanol–water partition coefficient (Wildman–Crippen LogP) is 4.17. The van der Waals surface area contributed by atoms with Crippen LogP contribution in [0, 0.1) is 0 Å². The molecule has 0 spiro atoms. The Morgan fingerprint density at radius 2 is 1.94 bits per heavy atom. The number of nitrogens with one attached hydrogen (secondary N) is 2. The van der Waals surface area contributed by atoms with Crippen LogP contribution in [0.5, 0.6) is 0 Å². The van der Waals surface area contributed by atoms with Gasteiger partial charge in [0.05, 0.1) is 29.3 Å². The second-order valence-corrected chi connectivity index (χ2v) is 9.82. The number of rotatable bonds is 10. The van der Waals surface area contributed by atoms with Gasteiger partial charge >= 0.3 is 0 Å². The summed E-state index contributed by atoms with van der Waals surface area (Å²) in [6.07, 6.45) is 5.71. The number of nitrogens with zero attached hydrogens (tertiary/aromatic N) is 2. The van der Waals surface area contributed by atoms with E-state index in [0.717, 1.165) is 25.7 Å². The molecule has 3 rings (SSSR count). The molecule has 11 heteroatoms. The Bertz CT molecular complexity index is 1010. The van der Waals surface area contributed by atoms with E-state index < -0.39 is 11.8 Å². The van der Waals surface area contributed by atoms with Crippen molar-refractivity contribution >= 4 is 57.4 Å². The zero-order valence-electron chi connectivity index (χ0n) is 18.9. The number of amides is 3. The second kappa shape index (κ2) is 13.0. The molecule has 1 aliphatic carbocycles. The van der Waals surface area contributed by atoms with E-state index in [9.17, 15) is 14.4 Å². The highest BCUT2D eigenvalue weighted by atomic mass is 35.5. The number of methoxy groups -OCH3 is 1. The lowest BCUT2D eigenvalue weighted by Gasteiger charge is -2.22. The van der Waals surface area contributed by atoms with Crippen molar-refractivity contribution in [1.29, 1.82) is 0 Å². The van der Waals surface area contributed by atoms with Gasteiger partial charge in [0.15, 0.2) is 5.13 Å². The molecule has 1 fully saturated rings. The average Bonchev–Trinajstić information content (AvgIpc) is 3.23. The molecule has 2 N–H and O–H groups in total. The third-order valence-corrected chi connectivity index (χ3v) is 6.81. The van der Waals surface area contributed by atoms with Gasteiger partial charge in [-0.1, -0.05) is 42.5 Å². The van der Waals surface area contributed by atoms with Crippen molar-refractivity contribution in [1.82, 2.24) is 15.2 Å². The summed E-state index contributed by atoms with van der Waals surface area (Å²) in [5, 5.41) is 8.50. The molecule has 3 amide bonds. The van der Waals surface area contributed by atoms with Gasteiger partial charge in [0.2, 0.25) is 11.8 Å². The van der Waals surface area contributed by atoms with Crippen LogP contribution in [0.15, 0.2) is 23.6 Å². The molecular formula is C23H28Cl2N4O4S. The van der Waals surface area contributed by atoms with E-state index in [1.165, 1.54) is 41.9 Å². The molecule has 1 aromatic heterocycles. The number of benzene rings is 1. The van der Waals surface area contributed by atoms with Gasteiger partial charge in [0.1, 0.15) is 6.54 Å². The van der Waals surface area contributed by atoms with Crippen LogP contribution in [-0.4, -0.2) is 60.5 Å². The molecule has 2 aromatic rings. The molecule has 0 atom stereocenters. The summed E-state index contributed by atoms with van der Waals surface area (Å²) in [5.74, 6) is -0.888. The van der Waals surface area contributed by atoms with Crippen molar-refractivity contribution < 1.29 is 19.1 Å². The van der Waals surface area contributed by atoms with Crippen LogP contribution in [0.2, 0.25) is 10.0 Å². The number of ether oxygens (including phenoxy) is 1. The summed E-state index contributed by atoms with van der Waals surface area (Å²) in [6, 6.07) is 4.81. The van der Waals surface area contributed by atoms with Crippen molar-refractivity contribution in [3.63, 3.8) is 0 Å². The van der Waals surface area contributed by atoms with E-state index >= 15 is 0 Å². The van der Waals surface area contributed by atoms with Crippen LogP contribution in [0.1, 0.15) is 48.2 Å². The normalized spacial score (nSPS) is 14.0. The smallest absolute Gasteiger partial charge is 0.255 e. The molecule has 1 aliphatic rings. The van der Waals surface area contributed by atoms with Gasteiger partial charge in [-0.05, 0) is 31.0 Å². The SMILES string of the molecule is COCCN(CC(=O)Nc1nc(CC(=O)NC2CCCCC2)cs1)C(=O)c1ccc(Cl)cc1Cl. The first-order valence-corrected chi connectivity index (χ1v) is 12.8. The maximum atomic E-state index is 13.0. The van der Waals surface area contributed by atoms with Gasteiger partial charge in [-0.2, -0.15) is 0 Å². The number of thiazole rings is 1. The standard InChI is InChI=1S/C23H28Cl2N4O4S/c1-33-10-9-29(22(32)18-8-7-15(24)11-19(18)25)13-21(31)28-23-27-17(14-34-23)12-20(30)26-16-5-3-2-4-6-16/h7-8,11,14,16H,2-6,9-10,12-13H2,1H3,(H,26,30)(H,27,28,31). The first-order valence-electron chi connectivity index (χ1n) is 11.1. The monoisotopic (exact) mass is 526 g/mol. The van der Waals surface area contributed by atoms with Crippen molar-refractivity contribution in [2.75, 3.05) is 32.1 Å². The van der Waals surface area contributed by atoms with E-state index in [2.05, 4.69) is 15.6 Å². The maximum absolute atomic E-state index is 13.0. The first kappa shape index (κ1) is 26.4. The molecule has 0 bridgehead atoms. The van der Waals surface area contributed by atoms with E-state index in [0.29, 0.717) is 15.8 Å². The lowest BCUT2D eigenvalue weighted by Crippen LogP contribution is -2.40.